The van der Waals surface area contributed by atoms with Crippen LogP contribution >= 0.6 is 0 Å². The average molecular weight is 497 g/mol. The van der Waals surface area contributed by atoms with Gasteiger partial charge in [-0.1, -0.05) is 17.3 Å². The van der Waals surface area contributed by atoms with Gasteiger partial charge < -0.3 is 30.3 Å². The van der Waals surface area contributed by atoms with Crippen molar-refractivity contribution in [2.24, 2.45) is 5.16 Å². The van der Waals surface area contributed by atoms with E-state index in [-0.39, 0.29) is 25.5 Å². The van der Waals surface area contributed by atoms with Gasteiger partial charge in [-0.15, -0.1) is 0 Å². The van der Waals surface area contributed by atoms with E-state index in [2.05, 4.69) is 10.5 Å². The minimum atomic E-state index is -0.505. The lowest BCUT2D eigenvalue weighted by molar-refractivity contribution is -0.153. The second kappa shape index (κ2) is 12.6. The van der Waals surface area contributed by atoms with Gasteiger partial charge in [0, 0.05) is 30.8 Å². The van der Waals surface area contributed by atoms with Crippen LogP contribution in [0.1, 0.15) is 49.5 Å². The maximum Gasteiger partial charge on any atom is 0.338 e. The average Bonchev–Trinajstić information content (AvgIpc) is 3.33. The van der Waals surface area contributed by atoms with Gasteiger partial charge >= 0.3 is 11.9 Å². The molecule has 0 aromatic heterocycles. The molecule has 2 aromatic rings. The monoisotopic (exact) mass is 496 g/mol. The molecule has 1 aliphatic rings. The molecule has 0 spiro atoms. The van der Waals surface area contributed by atoms with E-state index in [9.17, 15) is 14.4 Å². The normalized spacial score (nSPS) is 14.4. The molecule has 1 atom stereocenters. The van der Waals surface area contributed by atoms with Crippen LogP contribution in [0.25, 0.3) is 0 Å². The molecule has 10 heteroatoms. The van der Waals surface area contributed by atoms with Crippen LogP contribution in [0.5, 0.6) is 0 Å². The molecule has 1 unspecified atom stereocenters. The highest BCUT2D eigenvalue weighted by molar-refractivity contribution is 6.02. The van der Waals surface area contributed by atoms with Crippen molar-refractivity contribution < 1.29 is 28.7 Å². The van der Waals surface area contributed by atoms with Gasteiger partial charge in [-0.25, -0.2) is 4.79 Å². The highest BCUT2D eigenvalue weighted by atomic mass is 16.6. The number of hydrogen-bond acceptors (Lipinski definition) is 9. The number of nitrogen functional groups attached to an aromatic ring is 1. The van der Waals surface area contributed by atoms with E-state index in [1.165, 1.54) is 0 Å². The summed E-state index contributed by atoms with van der Waals surface area (Å²) in [4.78, 5) is 43.1. The summed E-state index contributed by atoms with van der Waals surface area (Å²) < 4.78 is 10.1. The minimum Gasteiger partial charge on any atom is -0.462 e. The summed E-state index contributed by atoms with van der Waals surface area (Å²) in [6, 6.07) is 12.5. The van der Waals surface area contributed by atoms with E-state index in [1.54, 1.807) is 30.0 Å². The summed E-state index contributed by atoms with van der Waals surface area (Å²) in [7, 11) is 0. The molecule has 0 aliphatic carbocycles. The SMILES string of the molecule is CCOC(=O)c1ccc(Nc2cccc(C3=NOC(CC(=O)OCC(=O)N(CC)CC)C3)c2)c(N)c1. The maximum absolute atomic E-state index is 12.2. The van der Waals surface area contributed by atoms with Gasteiger partial charge in [0.05, 0.1) is 35.7 Å². The number of carbonyl (C=O) groups excluding carboxylic acids is 3. The number of carbonyl (C=O) groups is 3. The van der Waals surface area contributed by atoms with E-state index in [4.69, 9.17) is 20.0 Å². The highest BCUT2D eigenvalue weighted by Crippen LogP contribution is 2.27. The first kappa shape index (κ1) is 26.5. The molecule has 1 aliphatic heterocycles. The number of benzene rings is 2. The van der Waals surface area contributed by atoms with Crippen molar-refractivity contribution >= 4 is 40.6 Å². The van der Waals surface area contributed by atoms with Gasteiger partial charge in [0.2, 0.25) is 0 Å². The predicted octanol–water partition coefficient (Wildman–Crippen LogP) is 3.48. The summed E-state index contributed by atoms with van der Waals surface area (Å²) in [5, 5.41) is 7.38. The lowest BCUT2D eigenvalue weighted by atomic mass is 10.0. The second-order valence-electron chi connectivity index (χ2n) is 8.13. The largest absolute Gasteiger partial charge is 0.462 e. The van der Waals surface area contributed by atoms with E-state index < -0.39 is 18.0 Å². The molecule has 1 heterocycles. The number of nitrogens with one attached hydrogen (secondary N) is 1. The van der Waals surface area contributed by atoms with E-state index in [0.717, 1.165) is 11.3 Å². The summed E-state index contributed by atoms with van der Waals surface area (Å²) >= 11 is 0. The van der Waals surface area contributed by atoms with Crippen LogP contribution in [-0.2, 0) is 23.9 Å². The molecule has 3 N–H and O–H groups in total. The van der Waals surface area contributed by atoms with Crippen molar-refractivity contribution in [2.45, 2.75) is 39.7 Å². The Bertz CT molecular complexity index is 1130. The number of esters is 2. The predicted molar refractivity (Wildman–Crippen MR) is 136 cm³/mol. The van der Waals surface area contributed by atoms with Crippen molar-refractivity contribution in [3.8, 4) is 0 Å². The Hall–Kier alpha value is -4.08. The molecule has 0 saturated carbocycles. The Kier molecular flexibility index (Phi) is 9.26. The number of amides is 1. The van der Waals surface area contributed by atoms with Crippen LogP contribution in [0, 0.1) is 0 Å². The van der Waals surface area contributed by atoms with Crippen LogP contribution in [0.15, 0.2) is 47.6 Å². The first-order chi connectivity index (χ1) is 17.3. The van der Waals surface area contributed by atoms with Crippen molar-refractivity contribution in [1.29, 1.82) is 0 Å². The number of nitrogens with zero attached hydrogens (tertiary/aromatic N) is 2. The Labute approximate surface area is 210 Å². The fourth-order valence-electron chi connectivity index (χ4n) is 3.71. The molecule has 0 bridgehead atoms. The molecular weight excluding hydrogens is 464 g/mol. The van der Waals surface area contributed by atoms with E-state index in [1.807, 2.05) is 38.1 Å². The van der Waals surface area contributed by atoms with E-state index >= 15 is 0 Å². The Morgan fingerprint density at radius 3 is 2.58 bits per heavy atom. The van der Waals surface area contributed by atoms with Gasteiger partial charge in [0.15, 0.2) is 6.61 Å². The van der Waals surface area contributed by atoms with Crippen LogP contribution in [-0.4, -0.2) is 60.9 Å². The molecule has 0 radical (unpaired) electrons. The number of oxime groups is 1. The van der Waals surface area contributed by atoms with Crippen molar-refractivity contribution in [3.63, 3.8) is 0 Å². The Morgan fingerprint density at radius 2 is 1.89 bits per heavy atom. The molecular formula is C26H32N4O6. The van der Waals surface area contributed by atoms with Gasteiger partial charge in [-0.05, 0) is 51.1 Å². The zero-order valence-electron chi connectivity index (χ0n) is 20.8. The quantitative estimate of drug-likeness (QED) is 0.357. The zero-order chi connectivity index (χ0) is 26.1. The molecule has 36 heavy (non-hydrogen) atoms. The number of rotatable bonds is 11. The van der Waals surface area contributed by atoms with Gasteiger partial charge in [-0.3, -0.25) is 9.59 Å². The van der Waals surface area contributed by atoms with Gasteiger partial charge in [0.1, 0.15) is 6.10 Å². The first-order valence-corrected chi connectivity index (χ1v) is 11.9. The third-order valence-corrected chi connectivity index (χ3v) is 5.64. The van der Waals surface area contributed by atoms with Crippen LogP contribution in [0.2, 0.25) is 0 Å². The van der Waals surface area contributed by atoms with Crippen molar-refractivity contribution in [2.75, 3.05) is 37.4 Å². The number of nitrogens with two attached hydrogens (primary N) is 1. The van der Waals surface area contributed by atoms with Crippen molar-refractivity contribution in [3.05, 3.63) is 53.6 Å². The molecule has 1 amide bonds. The summed E-state index contributed by atoms with van der Waals surface area (Å²) in [5.41, 5.74) is 9.85. The van der Waals surface area contributed by atoms with Crippen LogP contribution in [0.4, 0.5) is 17.1 Å². The third kappa shape index (κ3) is 6.97. The standard InChI is InChI=1S/C26H32N4O6/c1-4-30(5-2)24(31)16-35-25(32)15-20-14-23(29-36-20)17-8-7-9-19(12-17)28-22-11-10-18(13-21(22)27)26(33)34-6-3/h7-13,20,28H,4-6,14-16,27H2,1-3H3. The molecule has 3 rings (SSSR count). The summed E-state index contributed by atoms with van der Waals surface area (Å²) in [6.45, 7) is 6.63. The Morgan fingerprint density at radius 1 is 1.11 bits per heavy atom. The van der Waals surface area contributed by atoms with Gasteiger partial charge in [0.25, 0.3) is 5.91 Å². The summed E-state index contributed by atoms with van der Waals surface area (Å²) in [6.07, 6.45) is -0.0302. The maximum atomic E-state index is 12.2. The molecule has 0 fully saturated rings. The Balaban J connectivity index is 1.55. The molecule has 192 valence electrons. The van der Waals surface area contributed by atoms with Crippen LogP contribution in [0.3, 0.4) is 0 Å². The third-order valence-electron chi connectivity index (χ3n) is 5.64. The fourth-order valence-corrected chi connectivity index (χ4v) is 3.71. The smallest absolute Gasteiger partial charge is 0.338 e. The first-order valence-electron chi connectivity index (χ1n) is 11.9. The number of anilines is 3. The zero-order valence-corrected chi connectivity index (χ0v) is 20.8. The number of hydrogen-bond donors (Lipinski definition) is 2. The van der Waals surface area contributed by atoms with Crippen molar-refractivity contribution in [1.82, 2.24) is 4.90 Å². The topological polar surface area (TPSA) is 133 Å². The number of ether oxygens (including phenoxy) is 2. The second-order valence-corrected chi connectivity index (χ2v) is 8.13. The highest BCUT2D eigenvalue weighted by Gasteiger charge is 2.26. The number of likely N-dealkylation sites (N-methyl/N-ethyl adjacent to an activating group) is 1. The minimum absolute atomic E-state index is 0.000180. The lowest BCUT2D eigenvalue weighted by Crippen LogP contribution is -2.34. The van der Waals surface area contributed by atoms with Gasteiger partial charge in [-0.2, -0.15) is 0 Å². The van der Waals surface area contributed by atoms with Crippen LogP contribution < -0.4 is 11.1 Å². The summed E-state index contributed by atoms with van der Waals surface area (Å²) in [5.74, 6) is -1.15. The molecule has 10 nitrogen and oxygen atoms in total. The van der Waals surface area contributed by atoms with E-state index in [0.29, 0.717) is 42.2 Å². The molecule has 0 saturated heterocycles. The fraction of sp³-hybridized carbons (Fsp3) is 0.385. The lowest BCUT2D eigenvalue weighted by Gasteiger charge is -2.18. The molecule has 2 aromatic carbocycles.